The molecule has 7 heteroatoms. The summed E-state index contributed by atoms with van der Waals surface area (Å²) in [5.41, 5.74) is 11.4. The number of aromatic nitrogens is 4. The van der Waals surface area contributed by atoms with E-state index in [0.717, 1.165) is 0 Å². The second-order valence-electron chi connectivity index (χ2n) is 3.02. The zero-order valence-corrected chi connectivity index (χ0v) is 8.33. The van der Waals surface area contributed by atoms with Gasteiger partial charge < -0.3 is 11.5 Å². The first kappa shape index (κ1) is 10.1. The molecule has 80 valence electrons. The fourth-order valence-corrected chi connectivity index (χ4v) is 1.26. The number of hydrogen-bond acceptors (Lipinski definition) is 6. The molecule has 2 aromatic rings. The highest BCUT2D eigenvalue weighted by molar-refractivity contribution is 5.33. The Kier molecular flexibility index (Phi) is 2.49. The van der Waals surface area contributed by atoms with Gasteiger partial charge in [-0.1, -0.05) is 0 Å². The van der Waals surface area contributed by atoms with E-state index >= 15 is 0 Å². The third kappa shape index (κ3) is 1.69. The van der Waals surface area contributed by atoms with Gasteiger partial charge in [-0.15, -0.1) is 5.10 Å². The first-order valence-corrected chi connectivity index (χ1v) is 4.52. The summed E-state index contributed by atoms with van der Waals surface area (Å²) in [4.78, 5) is 8.02. The predicted octanol–water partition coefficient (Wildman–Crippen LogP) is -0.425. The third-order valence-electron chi connectivity index (χ3n) is 1.97. The molecule has 16 heavy (non-hydrogen) atoms. The van der Waals surface area contributed by atoms with Crippen LogP contribution in [0.1, 0.15) is 11.4 Å². The van der Waals surface area contributed by atoms with Crippen molar-refractivity contribution in [1.29, 1.82) is 5.26 Å². The van der Waals surface area contributed by atoms with E-state index < -0.39 is 0 Å². The van der Waals surface area contributed by atoms with Crippen LogP contribution in [-0.2, 0) is 6.54 Å². The van der Waals surface area contributed by atoms with Gasteiger partial charge in [0.2, 0.25) is 5.95 Å². The second kappa shape index (κ2) is 3.96. The van der Waals surface area contributed by atoms with Gasteiger partial charge in [-0.05, 0) is 12.1 Å². The number of nitrogen functional groups attached to an aromatic ring is 1. The molecule has 0 spiro atoms. The molecular weight excluding hydrogens is 206 g/mol. The largest absolute Gasteiger partial charge is 0.366 e. The number of anilines is 1. The molecular formula is C9H9N7. The maximum atomic E-state index is 8.64. The quantitative estimate of drug-likeness (QED) is 0.701. The average molecular weight is 215 g/mol. The van der Waals surface area contributed by atoms with Crippen LogP contribution in [0.2, 0.25) is 0 Å². The Bertz CT molecular complexity index is 534. The summed E-state index contributed by atoms with van der Waals surface area (Å²) in [7, 11) is 0. The Hall–Kier alpha value is -2.46. The van der Waals surface area contributed by atoms with Crippen LogP contribution in [0, 0.1) is 11.3 Å². The highest BCUT2D eigenvalue weighted by atomic mass is 15.4. The van der Waals surface area contributed by atoms with E-state index in [1.165, 1.54) is 10.9 Å². The average Bonchev–Trinajstić information content (AvgIpc) is 2.70. The molecule has 7 nitrogen and oxygen atoms in total. The van der Waals surface area contributed by atoms with Gasteiger partial charge in [0.15, 0.2) is 5.82 Å². The van der Waals surface area contributed by atoms with Gasteiger partial charge in [0.05, 0.1) is 12.1 Å². The maximum Gasteiger partial charge on any atom is 0.240 e. The number of pyridine rings is 1. The van der Waals surface area contributed by atoms with Crippen LogP contribution in [0.5, 0.6) is 0 Å². The Morgan fingerprint density at radius 1 is 1.44 bits per heavy atom. The van der Waals surface area contributed by atoms with Crippen LogP contribution in [0.25, 0.3) is 5.82 Å². The highest BCUT2D eigenvalue weighted by Gasteiger charge is 2.08. The molecule has 2 heterocycles. The van der Waals surface area contributed by atoms with Crippen molar-refractivity contribution in [2.75, 3.05) is 5.73 Å². The summed E-state index contributed by atoms with van der Waals surface area (Å²) in [5, 5.41) is 12.6. The van der Waals surface area contributed by atoms with Crippen LogP contribution in [0.4, 0.5) is 5.95 Å². The van der Waals surface area contributed by atoms with Gasteiger partial charge >= 0.3 is 0 Å². The monoisotopic (exact) mass is 215 g/mol. The SMILES string of the molecule is N#Cc1ccc(-n2nc(N)nc2CN)nc1. The van der Waals surface area contributed by atoms with E-state index in [1.807, 2.05) is 6.07 Å². The summed E-state index contributed by atoms with van der Waals surface area (Å²) < 4.78 is 1.45. The van der Waals surface area contributed by atoms with E-state index in [4.69, 9.17) is 16.7 Å². The summed E-state index contributed by atoms with van der Waals surface area (Å²) in [6.07, 6.45) is 1.45. The van der Waals surface area contributed by atoms with Gasteiger partial charge in [0.1, 0.15) is 11.9 Å². The Morgan fingerprint density at radius 2 is 2.25 bits per heavy atom. The summed E-state index contributed by atoms with van der Waals surface area (Å²) in [6.45, 7) is 0.214. The lowest BCUT2D eigenvalue weighted by Crippen LogP contribution is -2.09. The van der Waals surface area contributed by atoms with Crippen LogP contribution in [-0.4, -0.2) is 19.7 Å². The smallest absolute Gasteiger partial charge is 0.240 e. The van der Waals surface area contributed by atoms with Crippen LogP contribution in [0.3, 0.4) is 0 Å². The van der Waals surface area contributed by atoms with Crippen LogP contribution >= 0.6 is 0 Å². The molecule has 0 aliphatic carbocycles. The molecule has 0 aliphatic rings. The molecule has 0 amide bonds. The number of rotatable bonds is 2. The molecule has 0 saturated carbocycles. The molecule has 0 atom stereocenters. The van der Waals surface area contributed by atoms with Crippen molar-refractivity contribution in [2.24, 2.45) is 5.73 Å². The predicted molar refractivity (Wildman–Crippen MR) is 56.2 cm³/mol. The van der Waals surface area contributed by atoms with Gasteiger partial charge in [-0.3, -0.25) is 0 Å². The Balaban J connectivity index is 2.46. The van der Waals surface area contributed by atoms with E-state index in [1.54, 1.807) is 12.1 Å². The molecule has 2 aromatic heterocycles. The van der Waals surface area contributed by atoms with Crippen molar-refractivity contribution in [3.63, 3.8) is 0 Å². The van der Waals surface area contributed by atoms with Gasteiger partial charge in [-0.25, -0.2) is 4.98 Å². The summed E-state index contributed by atoms with van der Waals surface area (Å²) in [6, 6.07) is 5.28. The first-order valence-electron chi connectivity index (χ1n) is 4.52. The third-order valence-corrected chi connectivity index (χ3v) is 1.97. The standard InChI is InChI=1S/C9H9N7/c10-3-6-1-2-7(13-5-6)16-8(4-11)14-9(12)15-16/h1-2,5H,4,11H2,(H2,12,15). The fourth-order valence-electron chi connectivity index (χ4n) is 1.26. The van der Waals surface area contributed by atoms with Gasteiger partial charge in [-0.2, -0.15) is 14.9 Å². The molecule has 0 unspecified atom stereocenters. The molecule has 0 aliphatic heterocycles. The minimum Gasteiger partial charge on any atom is -0.366 e. The minimum atomic E-state index is 0.145. The number of nitriles is 1. The van der Waals surface area contributed by atoms with Crippen molar-refractivity contribution in [3.05, 3.63) is 29.7 Å². The maximum absolute atomic E-state index is 8.64. The fraction of sp³-hybridized carbons (Fsp3) is 0.111. The normalized spacial score (nSPS) is 10.0. The second-order valence-corrected chi connectivity index (χ2v) is 3.02. The lowest BCUT2D eigenvalue weighted by Gasteiger charge is -2.01. The van der Waals surface area contributed by atoms with Gasteiger partial charge in [0.25, 0.3) is 0 Å². The molecule has 4 N–H and O–H groups in total. The molecule has 0 saturated heterocycles. The lowest BCUT2D eigenvalue weighted by molar-refractivity contribution is 0.769. The van der Waals surface area contributed by atoms with E-state index in [0.29, 0.717) is 17.2 Å². The molecule has 2 rings (SSSR count). The zero-order valence-electron chi connectivity index (χ0n) is 8.33. The molecule has 0 fully saturated rings. The number of nitrogens with zero attached hydrogens (tertiary/aromatic N) is 5. The molecule has 0 radical (unpaired) electrons. The highest BCUT2D eigenvalue weighted by Crippen LogP contribution is 2.08. The Morgan fingerprint density at radius 3 is 2.81 bits per heavy atom. The zero-order chi connectivity index (χ0) is 11.5. The first-order chi connectivity index (χ1) is 7.74. The van der Waals surface area contributed by atoms with Crippen molar-refractivity contribution < 1.29 is 0 Å². The minimum absolute atomic E-state index is 0.145. The van der Waals surface area contributed by atoms with E-state index in [-0.39, 0.29) is 12.5 Å². The topological polar surface area (TPSA) is 119 Å². The lowest BCUT2D eigenvalue weighted by atomic mass is 10.3. The van der Waals surface area contributed by atoms with E-state index in [9.17, 15) is 0 Å². The molecule has 0 bridgehead atoms. The number of nitrogens with two attached hydrogens (primary N) is 2. The molecule has 0 aromatic carbocycles. The summed E-state index contributed by atoms with van der Waals surface area (Å²) >= 11 is 0. The Labute approximate surface area is 91.3 Å². The van der Waals surface area contributed by atoms with Crippen molar-refractivity contribution in [2.45, 2.75) is 6.54 Å². The van der Waals surface area contributed by atoms with Crippen molar-refractivity contribution in [3.8, 4) is 11.9 Å². The van der Waals surface area contributed by atoms with Crippen molar-refractivity contribution >= 4 is 5.95 Å². The summed E-state index contributed by atoms with van der Waals surface area (Å²) in [5.74, 6) is 1.20. The number of hydrogen-bond donors (Lipinski definition) is 2. The van der Waals surface area contributed by atoms with Crippen LogP contribution in [0.15, 0.2) is 18.3 Å². The van der Waals surface area contributed by atoms with Gasteiger partial charge in [0, 0.05) is 6.20 Å². The van der Waals surface area contributed by atoms with Crippen LogP contribution < -0.4 is 11.5 Å². The van der Waals surface area contributed by atoms with E-state index in [2.05, 4.69) is 15.1 Å². The van der Waals surface area contributed by atoms with Crippen molar-refractivity contribution in [1.82, 2.24) is 19.7 Å².